The molecule has 5 aromatic rings. The minimum absolute atomic E-state index is 1.32. The fourth-order valence-electron chi connectivity index (χ4n) is 5.51. The number of hydrogen-bond acceptors (Lipinski definition) is 4. The van der Waals surface area contributed by atoms with Gasteiger partial charge in [0.2, 0.25) is 0 Å². The molecular weight excluding hydrogens is 537 g/mol. The summed E-state index contributed by atoms with van der Waals surface area (Å²) in [5.74, 6) is 0. The topological polar surface area (TPSA) is 0 Å². The van der Waals surface area contributed by atoms with Gasteiger partial charge in [0, 0.05) is 39.2 Å². The molecule has 0 nitrogen and oxygen atoms in total. The summed E-state index contributed by atoms with van der Waals surface area (Å²) in [6, 6.07) is 31.7. The first-order valence-electron chi connectivity index (χ1n) is 12.6. The maximum absolute atomic E-state index is 2.40. The molecule has 0 aromatic heterocycles. The molecule has 4 aliphatic heterocycles. The molecular formula is C34H18S4. The third kappa shape index (κ3) is 3.44. The predicted octanol–water partition coefficient (Wildman–Crippen LogP) is 6.86. The van der Waals surface area contributed by atoms with Crippen molar-refractivity contribution in [3.8, 4) is 0 Å². The van der Waals surface area contributed by atoms with E-state index in [2.05, 4.69) is 109 Å². The highest BCUT2D eigenvalue weighted by atomic mass is 32.2. The standard InChI is InChI=1S/C34H18S4/c1-3-7-27-19(5-1)9-23-14-31-25(16-29(23)35-27)12-21-11-22-13-26-17-30-24(10-20-6-2-4-8-28(20)36-30)15-32(26)38-34(22)18-33(21)37-31/h1-18H. The lowest BCUT2D eigenvalue weighted by Gasteiger charge is -2.21. The van der Waals surface area contributed by atoms with Gasteiger partial charge in [-0.25, -0.2) is 0 Å². The number of rotatable bonds is 0. The molecule has 0 spiro atoms. The van der Waals surface area contributed by atoms with E-state index in [0.29, 0.717) is 0 Å². The molecule has 0 aliphatic carbocycles. The van der Waals surface area contributed by atoms with Crippen LogP contribution in [-0.4, -0.2) is 0 Å². The summed E-state index contributed by atoms with van der Waals surface area (Å²) in [4.78, 5) is 10.7. The number of fused-ring (bicyclic) bond motifs is 8. The van der Waals surface area contributed by atoms with Crippen LogP contribution in [0.5, 0.6) is 0 Å². The zero-order chi connectivity index (χ0) is 24.8. The largest absolute Gasteiger partial charge is 0.0888 e. The van der Waals surface area contributed by atoms with Gasteiger partial charge in [0.1, 0.15) is 0 Å². The molecule has 38 heavy (non-hydrogen) atoms. The van der Waals surface area contributed by atoms with Crippen LogP contribution >= 0.6 is 47.0 Å². The third-order valence-electron chi connectivity index (χ3n) is 7.39. The Balaban J connectivity index is 1.15. The summed E-state index contributed by atoms with van der Waals surface area (Å²) in [5.41, 5.74) is 5.27. The minimum atomic E-state index is 1.32. The van der Waals surface area contributed by atoms with E-state index in [-0.39, 0.29) is 0 Å². The summed E-state index contributed by atoms with van der Waals surface area (Å²) in [5, 5.41) is 5.30. The molecule has 0 bridgehead atoms. The van der Waals surface area contributed by atoms with Gasteiger partial charge in [-0.3, -0.25) is 0 Å². The second-order valence-corrected chi connectivity index (χ2v) is 14.2. The molecule has 4 heteroatoms. The van der Waals surface area contributed by atoms with Gasteiger partial charge in [-0.1, -0.05) is 83.4 Å². The zero-order valence-corrected chi connectivity index (χ0v) is 23.3. The summed E-state index contributed by atoms with van der Waals surface area (Å²) >= 11 is 7.59. The lowest BCUT2D eigenvalue weighted by atomic mass is 10.1. The fraction of sp³-hybridized carbons (Fsp3) is 0. The van der Waals surface area contributed by atoms with Crippen LogP contribution in [0.2, 0.25) is 0 Å². The molecule has 4 heterocycles. The second-order valence-electron chi connectivity index (χ2n) is 9.84. The highest BCUT2D eigenvalue weighted by Crippen LogP contribution is 2.42. The van der Waals surface area contributed by atoms with Gasteiger partial charge in [-0.2, -0.15) is 0 Å². The first kappa shape index (κ1) is 21.9. The van der Waals surface area contributed by atoms with Crippen molar-refractivity contribution < 1.29 is 0 Å². The van der Waals surface area contributed by atoms with Crippen LogP contribution in [0.3, 0.4) is 0 Å². The molecule has 0 saturated heterocycles. The van der Waals surface area contributed by atoms with Crippen molar-refractivity contribution in [1.29, 1.82) is 0 Å². The van der Waals surface area contributed by atoms with Gasteiger partial charge in [0.05, 0.1) is 0 Å². The average molecular weight is 555 g/mol. The van der Waals surface area contributed by atoms with E-state index in [9.17, 15) is 0 Å². The molecule has 0 saturated carbocycles. The molecule has 4 aliphatic rings. The molecule has 5 aromatic carbocycles. The first-order chi connectivity index (χ1) is 18.7. The molecule has 178 valence electrons. The Morgan fingerprint density at radius 1 is 0.289 bits per heavy atom. The Morgan fingerprint density at radius 2 is 0.658 bits per heavy atom. The highest BCUT2D eigenvalue weighted by Gasteiger charge is 2.20. The lowest BCUT2D eigenvalue weighted by molar-refractivity contribution is 1.17. The van der Waals surface area contributed by atoms with Crippen molar-refractivity contribution in [2.45, 2.75) is 39.2 Å². The molecule has 0 amide bonds. The molecule has 9 rings (SSSR count). The van der Waals surface area contributed by atoms with E-state index in [1.807, 2.05) is 47.0 Å². The zero-order valence-electron chi connectivity index (χ0n) is 20.0. The minimum Gasteiger partial charge on any atom is -0.0888 e. The Kier molecular flexibility index (Phi) is 4.74. The van der Waals surface area contributed by atoms with Crippen LogP contribution in [0.25, 0.3) is 24.3 Å². The maximum Gasteiger partial charge on any atom is 0.0206 e. The average Bonchev–Trinajstić information content (AvgIpc) is 2.93. The number of benzene rings is 5. The Labute approximate surface area is 237 Å². The third-order valence-corrected chi connectivity index (χ3v) is 12.0. The quantitative estimate of drug-likeness (QED) is 0.201. The van der Waals surface area contributed by atoms with Crippen LogP contribution in [0.15, 0.2) is 124 Å². The van der Waals surface area contributed by atoms with E-state index < -0.39 is 0 Å². The normalized spacial score (nSPS) is 14.7. The first-order valence-corrected chi connectivity index (χ1v) is 15.8. The van der Waals surface area contributed by atoms with Crippen LogP contribution in [0.1, 0.15) is 22.3 Å². The molecule has 0 fully saturated rings. The van der Waals surface area contributed by atoms with Crippen molar-refractivity contribution in [1.82, 2.24) is 0 Å². The fourth-order valence-corrected chi connectivity index (χ4v) is 9.83. The Morgan fingerprint density at radius 3 is 1.11 bits per heavy atom. The summed E-state index contributed by atoms with van der Waals surface area (Å²) in [6.07, 6.45) is 9.43. The van der Waals surface area contributed by atoms with Crippen molar-refractivity contribution in [3.63, 3.8) is 0 Å². The van der Waals surface area contributed by atoms with E-state index in [4.69, 9.17) is 0 Å². The monoisotopic (exact) mass is 554 g/mol. The maximum atomic E-state index is 2.40. The van der Waals surface area contributed by atoms with Crippen molar-refractivity contribution in [2.24, 2.45) is 0 Å². The Bertz CT molecular complexity index is 1990. The van der Waals surface area contributed by atoms with Gasteiger partial charge in [0.25, 0.3) is 0 Å². The van der Waals surface area contributed by atoms with E-state index in [0.717, 1.165) is 0 Å². The van der Waals surface area contributed by atoms with E-state index >= 15 is 0 Å². The second kappa shape index (κ2) is 8.24. The Hall–Kier alpha value is -3.02. The van der Waals surface area contributed by atoms with E-state index in [1.165, 1.54) is 82.3 Å². The molecule has 0 atom stereocenters. The van der Waals surface area contributed by atoms with Gasteiger partial charge in [-0.15, -0.1) is 0 Å². The smallest absolute Gasteiger partial charge is 0.0206 e. The lowest BCUT2D eigenvalue weighted by Crippen LogP contribution is -2.19. The van der Waals surface area contributed by atoms with Crippen LogP contribution in [-0.2, 0) is 0 Å². The van der Waals surface area contributed by atoms with Crippen LogP contribution in [0.4, 0.5) is 0 Å². The molecule has 0 N–H and O–H groups in total. The van der Waals surface area contributed by atoms with E-state index in [1.54, 1.807) is 0 Å². The van der Waals surface area contributed by atoms with Gasteiger partial charge < -0.3 is 0 Å². The van der Waals surface area contributed by atoms with Crippen LogP contribution in [0, 0.1) is 0 Å². The van der Waals surface area contributed by atoms with Gasteiger partial charge >= 0.3 is 0 Å². The van der Waals surface area contributed by atoms with Crippen LogP contribution < -0.4 is 20.9 Å². The van der Waals surface area contributed by atoms with Gasteiger partial charge in [0.15, 0.2) is 0 Å². The van der Waals surface area contributed by atoms with Crippen molar-refractivity contribution in [3.05, 3.63) is 128 Å². The molecule has 0 radical (unpaired) electrons. The summed E-state index contributed by atoms with van der Waals surface area (Å²) in [7, 11) is 0. The molecule has 0 unspecified atom stereocenters. The predicted molar refractivity (Wildman–Crippen MR) is 161 cm³/mol. The SMILES string of the molecule is C1=c2cc3c(cc2Sc2ccccc21)=Cc1cc2c(cc1S3)Sc1cc3c(cc1=C2)Sc1ccccc1C=3. The summed E-state index contributed by atoms with van der Waals surface area (Å²) < 4.78 is 0. The number of hydrogen-bond donors (Lipinski definition) is 0. The van der Waals surface area contributed by atoms with Crippen molar-refractivity contribution in [2.75, 3.05) is 0 Å². The van der Waals surface area contributed by atoms with Gasteiger partial charge in [-0.05, 0) is 116 Å². The highest BCUT2D eigenvalue weighted by molar-refractivity contribution is 8.00. The van der Waals surface area contributed by atoms with Crippen molar-refractivity contribution >= 4 is 71.4 Å². The summed E-state index contributed by atoms with van der Waals surface area (Å²) in [6.45, 7) is 0.